The van der Waals surface area contributed by atoms with Crippen LogP contribution in [0.4, 0.5) is 5.13 Å². The molecule has 2 aromatic carbocycles. The van der Waals surface area contributed by atoms with E-state index in [0.29, 0.717) is 10.6 Å². The van der Waals surface area contributed by atoms with Gasteiger partial charge in [0.25, 0.3) is 23.6 Å². The maximum atomic E-state index is 13.3. The fraction of sp³-hybridized carbons (Fsp3) is 0.467. The van der Waals surface area contributed by atoms with E-state index in [1.807, 2.05) is 20.8 Å². The Morgan fingerprint density at radius 1 is 0.886 bits per heavy atom. The molecule has 0 bridgehead atoms. The highest BCUT2D eigenvalue weighted by Crippen LogP contribution is 2.37. The fourth-order valence-corrected chi connectivity index (χ4v) is 6.79. The van der Waals surface area contributed by atoms with Crippen molar-refractivity contribution in [3.05, 3.63) is 75.8 Å². The Morgan fingerprint density at radius 2 is 1.47 bits per heavy atom. The highest BCUT2D eigenvalue weighted by Gasteiger charge is 2.44. The normalized spacial score (nSPS) is 15.8. The number of anilines is 1. The molecule has 4 amide bonds. The number of ketones is 1. The number of aromatic carboxylic acids is 1. The van der Waals surface area contributed by atoms with Crippen molar-refractivity contribution in [2.24, 2.45) is 5.16 Å². The number of rotatable bonds is 18. The first-order valence-corrected chi connectivity index (χ1v) is 22.4. The molecule has 378 valence electrons. The van der Waals surface area contributed by atoms with Crippen molar-refractivity contribution >= 4 is 76.6 Å². The van der Waals surface area contributed by atoms with Crippen LogP contribution in [0.5, 0.6) is 5.75 Å². The summed E-state index contributed by atoms with van der Waals surface area (Å²) in [5, 5.41) is 48.7. The van der Waals surface area contributed by atoms with E-state index in [1.165, 1.54) is 57.3 Å². The second-order valence-electron chi connectivity index (χ2n) is 18.9. The van der Waals surface area contributed by atoms with Crippen LogP contribution in [0.25, 0.3) is 0 Å². The number of hydrogen-bond acceptors (Lipinski definition) is 19. The zero-order chi connectivity index (χ0) is 52.7. The summed E-state index contributed by atoms with van der Waals surface area (Å²) in [6, 6.07) is 8.07. The highest BCUT2D eigenvalue weighted by atomic mass is 32.1. The number of nitrogen functional groups attached to an aromatic ring is 1. The summed E-state index contributed by atoms with van der Waals surface area (Å²) >= 11 is 1.02. The number of carbonyl (C=O) groups is 8. The molecule has 0 saturated carbocycles. The topological polar surface area (TPSA) is 342 Å². The molecule has 0 spiro atoms. The second kappa shape index (κ2) is 22.3. The number of oxime groups is 1. The smallest absolute Gasteiger partial charge is 0.526 e. The number of nitrogens with one attached hydrogen (secondary N) is 2. The van der Waals surface area contributed by atoms with E-state index in [-0.39, 0.29) is 58.4 Å². The van der Waals surface area contributed by atoms with Gasteiger partial charge in [-0.15, -0.1) is 16.4 Å². The van der Waals surface area contributed by atoms with Crippen LogP contribution in [0.3, 0.4) is 0 Å². The third-order valence-electron chi connectivity index (χ3n) is 9.93. The summed E-state index contributed by atoms with van der Waals surface area (Å²) in [5.74, 6) is -7.72. The van der Waals surface area contributed by atoms with Crippen molar-refractivity contribution < 1.29 is 82.5 Å². The van der Waals surface area contributed by atoms with Crippen LogP contribution < -0.4 is 21.0 Å². The lowest BCUT2D eigenvalue weighted by Gasteiger charge is -2.31. The van der Waals surface area contributed by atoms with Crippen LogP contribution in [-0.2, 0) is 49.5 Å². The van der Waals surface area contributed by atoms with Crippen LogP contribution in [0.15, 0.2) is 53.0 Å². The standard InChI is InChI=1S/C23H32N2O7.C22H25BN4O10S/c1-21(2,3)30-13-16(19(28)31-22(4,5)6)24-20(29)23(7,8)32-25-17(26)14-11-9-10-12-15(14)18(25)27;1-22(2,20(34)25-13(8-28)19(32)33)37-27-16(14-9-38-21(24)26-14)15(29)7-11-6-10-4-3-5-12(18(30)31)17(10)36-23(11)35/h9-12,16H,13H2,1-8H3,(H,24,29);3-5,9,11,13,28,35H,6-8H2,1-2H3,(H2,24,26)(H,25,34)(H,30,31)(H,32,33)/b;27-16-/t16-;11-,13+/m01/s1. The summed E-state index contributed by atoms with van der Waals surface area (Å²) in [6.07, 6.45) is -0.182. The van der Waals surface area contributed by atoms with E-state index >= 15 is 0 Å². The van der Waals surface area contributed by atoms with E-state index in [4.69, 9.17) is 39.7 Å². The number of nitrogens with zero attached hydrogens (tertiary/aromatic N) is 3. The molecular formula is C45H57BN6O17S. The van der Waals surface area contributed by atoms with Gasteiger partial charge < -0.3 is 55.7 Å². The van der Waals surface area contributed by atoms with Gasteiger partial charge in [-0.1, -0.05) is 29.4 Å². The number of carbonyl (C=O) groups excluding carboxylic acids is 6. The molecule has 3 aromatic rings. The Hall–Kier alpha value is -6.80. The predicted octanol–water partition coefficient (Wildman–Crippen LogP) is 2.56. The van der Waals surface area contributed by atoms with Crippen LogP contribution in [0, 0.1) is 0 Å². The fourth-order valence-electron chi connectivity index (χ4n) is 6.24. The van der Waals surface area contributed by atoms with Gasteiger partial charge in [-0.2, -0.15) is 0 Å². The van der Waals surface area contributed by atoms with Crippen molar-refractivity contribution in [3.63, 3.8) is 0 Å². The van der Waals surface area contributed by atoms with Crippen molar-refractivity contribution in [2.45, 2.75) is 122 Å². The lowest BCUT2D eigenvalue weighted by molar-refractivity contribution is -0.188. The quantitative estimate of drug-likeness (QED) is 0.0316. The first kappa shape index (κ1) is 55.8. The molecule has 1 aromatic heterocycles. The molecule has 5 rings (SSSR count). The molecule has 0 radical (unpaired) electrons. The third-order valence-corrected chi connectivity index (χ3v) is 10.6. The number of imide groups is 1. The monoisotopic (exact) mass is 996 g/mol. The van der Waals surface area contributed by atoms with E-state index < -0.39 is 101 Å². The Morgan fingerprint density at radius 3 is 1.99 bits per heavy atom. The number of aromatic nitrogens is 1. The first-order chi connectivity index (χ1) is 32.3. The van der Waals surface area contributed by atoms with Crippen LogP contribution in [0.2, 0.25) is 5.82 Å². The second-order valence-corrected chi connectivity index (χ2v) is 19.8. The number of aliphatic carboxylic acids is 1. The lowest BCUT2D eigenvalue weighted by Crippen LogP contribution is -2.56. The number of ether oxygens (including phenoxy) is 2. The molecule has 70 heavy (non-hydrogen) atoms. The Bertz CT molecular complexity index is 2500. The van der Waals surface area contributed by atoms with Gasteiger partial charge in [0.05, 0.1) is 35.5 Å². The average Bonchev–Trinajstić information content (AvgIpc) is 3.78. The van der Waals surface area contributed by atoms with E-state index in [2.05, 4.69) is 20.8 Å². The molecule has 0 fully saturated rings. The summed E-state index contributed by atoms with van der Waals surface area (Å²) in [7, 11) is -1.50. The third kappa shape index (κ3) is 14.6. The Labute approximate surface area is 406 Å². The predicted molar refractivity (Wildman–Crippen MR) is 250 cm³/mol. The number of hydrogen-bond donors (Lipinski definition) is 7. The van der Waals surface area contributed by atoms with E-state index in [0.717, 1.165) is 11.3 Å². The molecule has 25 heteroatoms. The van der Waals surface area contributed by atoms with E-state index in [9.17, 15) is 48.5 Å². The van der Waals surface area contributed by atoms with Gasteiger partial charge >= 0.3 is 25.0 Å². The minimum atomic E-state index is -1.77. The van der Waals surface area contributed by atoms with Gasteiger partial charge in [-0.05, 0) is 99.4 Å². The minimum absolute atomic E-state index is 0.0241. The number of aliphatic hydroxyl groups is 1. The van der Waals surface area contributed by atoms with E-state index in [1.54, 1.807) is 39.0 Å². The van der Waals surface area contributed by atoms with Gasteiger partial charge in [0, 0.05) is 17.6 Å². The number of Topliss-reactive ketones (excluding diaryl/α,β-unsaturated/α-hetero) is 1. The number of hydroxylamine groups is 2. The number of carboxylic acids is 2. The van der Waals surface area contributed by atoms with Crippen LogP contribution in [0.1, 0.15) is 118 Å². The van der Waals surface area contributed by atoms with Crippen LogP contribution >= 0.6 is 11.3 Å². The summed E-state index contributed by atoms with van der Waals surface area (Å²) in [5.41, 5.74) is 1.44. The Balaban J connectivity index is 0.000000309. The number of fused-ring (bicyclic) bond motifs is 2. The minimum Gasteiger partial charge on any atom is -0.535 e. The molecule has 0 unspecified atom stereocenters. The number of amides is 4. The number of aliphatic hydroxyl groups excluding tert-OH is 1. The molecule has 8 N–H and O–H groups in total. The van der Waals surface area contributed by atoms with Gasteiger partial charge in [0.15, 0.2) is 28.3 Å². The van der Waals surface area contributed by atoms with Crippen LogP contribution in [-0.4, -0.2) is 138 Å². The number of benzene rings is 2. The number of nitrogens with two attached hydrogens (primary N) is 1. The zero-order valence-electron chi connectivity index (χ0n) is 40.2. The van der Waals surface area contributed by atoms with Gasteiger partial charge in [-0.25, -0.2) is 24.2 Å². The van der Waals surface area contributed by atoms with Crippen molar-refractivity contribution in [3.8, 4) is 5.75 Å². The molecule has 0 saturated heterocycles. The van der Waals surface area contributed by atoms with Gasteiger partial charge in [0.2, 0.25) is 5.60 Å². The SMILES string of the molecule is CC(C)(C)OC[C@H](NC(=O)C(C)(C)ON1C(=O)c2ccccc2C1=O)C(=O)OC(C)(C)C.CC(C)(O/N=C(\C(=O)C[C@H]1Cc2cccc(C(=O)O)c2OB1O)c1csc(N)n1)C(=O)N[C@@H](CO)C(=O)O. The van der Waals surface area contributed by atoms with Gasteiger partial charge in [-0.3, -0.25) is 24.0 Å². The zero-order valence-corrected chi connectivity index (χ0v) is 41.0. The van der Waals surface area contributed by atoms with Crippen molar-refractivity contribution in [1.29, 1.82) is 0 Å². The molecule has 3 atom stereocenters. The molecular weight excluding hydrogens is 939 g/mol. The maximum Gasteiger partial charge on any atom is 0.526 e. The number of carboxylic acid groups (broad SMARTS) is 2. The summed E-state index contributed by atoms with van der Waals surface area (Å²) in [4.78, 5) is 114. The lowest BCUT2D eigenvalue weighted by atomic mass is 9.64. The number of para-hydroxylation sites is 1. The molecule has 23 nitrogen and oxygen atoms in total. The maximum absolute atomic E-state index is 13.3. The molecule has 0 aliphatic carbocycles. The van der Waals surface area contributed by atoms with Gasteiger partial charge in [0.1, 0.15) is 23.1 Å². The molecule has 3 heterocycles. The Kier molecular flexibility index (Phi) is 17.8. The van der Waals surface area contributed by atoms with Crippen molar-refractivity contribution in [1.82, 2.24) is 20.7 Å². The first-order valence-electron chi connectivity index (χ1n) is 21.6. The average molecular weight is 997 g/mol. The number of esters is 1. The summed E-state index contributed by atoms with van der Waals surface area (Å²) in [6.45, 7) is 14.9. The molecule has 2 aliphatic heterocycles. The molecule has 2 aliphatic rings. The largest absolute Gasteiger partial charge is 0.535 e. The van der Waals surface area contributed by atoms with Crippen molar-refractivity contribution in [2.75, 3.05) is 18.9 Å². The number of thiazole rings is 1. The summed E-state index contributed by atoms with van der Waals surface area (Å²) < 4.78 is 16.5. The highest BCUT2D eigenvalue weighted by molar-refractivity contribution is 7.13.